The van der Waals surface area contributed by atoms with E-state index in [9.17, 15) is 20.0 Å². The summed E-state index contributed by atoms with van der Waals surface area (Å²) in [5.74, 6) is -0.974. The van der Waals surface area contributed by atoms with Gasteiger partial charge >= 0.3 is 0 Å². The van der Waals surface area contributed by atoms with Gasteiger partial charge in [0.25, 0.3) is 11.7 Å². The molecule has 4 aromatic rings. The van der Waals surface area contributed by atoms with Crippen molar-refractivity contribution in [3.8, 4) is 17.6 Å². The molecule has 1 heterocycles. The molecule has 0 aliphatic carbocycles. The molecule has 37 heavy (non-hydrogen) atoms. The maximum absolute atomic E-state index is 13.5. The molecule has 1 aliphatic rings. The number of ketones is 1. The first kappa shape index (κ1) is 23.6. The highest BCUT2D eigenvalue weighted by molar-refractivity contribution is 6.51. The highest BCUT2D eigenvalue weighted by Crippen LogP contribution is 2.44. The standard InChI is InChI=1S/C30H22N2O5/c1-36-24-15-12-20(16-25(24)37-2)27-26(28(33)23-9-5-7-19-6-3-4-8-22(19)23)29(34)30(35)32(27)21-13-10-18(17-31)11-14-21/h3-16,27,33H,1-2H3/b28-26+. The summed E-state index contributed by atoms with van der Waals surface area (Å²) in [5, 5.41) is 22.4. The second kappa shape index (κ2) is 9.51. The van der Waals surface area contributed by atoms with Crippen LogP contribution in [0.15, 0.2) is 90.5 Å². The molecule has 1 fully saturated rings. The number of methoxy groups -OCH3 is 2. The smallest absolute Gasteiger partial charge is 0.300 e. The van der Waals surface area contributed by atoms with Crippen molar-refractivity contribution < 1.29 is 24.2 Å². The number of aliphatic hydroxyl groups excluding tert-OH is 1. The molecule has 1 amide bonds. The van der Waals surface area contributed by atoms with Gasteiger partial charge in [-0.3, -0.25) is 14.5 Å². The molecule has 7 nitrogen and oxygen atoms in total. The Bertz CT molecular complexity index is 1610. The number of anilines is 1. The third kappa shape index (κ3) is 3.95. The fourth-order valence-corrected chi connectivity index (χ4v) is 4.71. The van der Waals surface area contributed by atoms with Gasteiger partial charge in [0.15, 0.2) is 11.5 Å². The van der Waals surface area contributed by atoms with E-state index in [0.717, 1.165) is 10.8 Å². The Labute approximate surface area is 213 Å². The van der Waals surface area contributed by atoms with Gasteiger partial charge in [-0.25, -0.2) is 0 Å². The molecule has 4 aromatic carbocycles. The van der Waals surface area contributed by atoms with E-state index >= 15 is 0 Å². The second-order valence-corrected chi connectivity index (χ2v) is 8.47. The molecule has 0 aromatic heterocycles. The summed E-state index contributed by atoms with van der Waals surface area (Å²) in [7, 11) is 3.01. The fourth-order valence-electron chi connectivity index (χ4n) is 4.71. The van der Waals surface area contributed by atoms with Crippen molar-refractivity contribution in [2.75, 3.05) is 19.1 Å². The monoisotopic (exact) mass is 490 g/mol. The molecule has 0 bridgehead atoms. The molecule has 1 atom stereocenters. The van der Waals surface area contributed by atoms with Crippen molar-refractivity contribution in [2.24, 2.45) is 0 Å². The predicted molar refractivity (Wildman–Crippen MR) is 139 cm³/mol. The summed E-state index contributed by atoms with van der Waals surface area (Å²) in [6.07, 6.45) is 0. The maximum Gasteiger partial charge on any atom is 0.300 e. The number of ether oxygens (including phenoxy) is 2. The van der Waals surface area contributed by atoms with Gasteiger partial charge in [-0.05, 0) is 52.7 Å². The van der Waals surface area contributed by atoms with Crippen molar-refractivity contribution in [1.82, 2.24) is 0 Å². The normalized spacial score (nSPS) is 16.6. The van der Waals surface area contributed by atoms with E-state index in [1.165, 1.54) is 19.1 Å². The van der Waals surface area contributed by atoms with E-state index < -0.39 is 17.7 Å². The minimum Gasteiger partial charge on any atom is -0.507 e. The van der Waals surface area contributed by atoms with Gasteiger partial charge in [0.2, 0.25) is 0 Å². The number of nitriles is 1. The van der Waals surface area contributed by atoms with E-state index in [1.807, 2.05) is 30.3 Å². The Morgan fingerprint density at radius 2 is 1.59 bits per heavy atom. The lowest BCUT2D eigenvalue weighted by molar-refractivity contribution is -0.132. The lowest BCUT2D eigenvalue weighted by atomic mass is 9.93. The SMILES string of the molecule is COc1ccc(C2/C(=C(\O)c3cccc4ccccc34)C(=O)C(=O)N2c2ccc(C#N)cc2)cc1OC. The van der Waals surface area contributed by atoms with Crippen LogP contribution >= 0.6 is 0 Å². The number of carbonyl (C=O) groups is 2. The molecule has 182 valence electrons. The van der Waals surface area contributed by atoms with Crippen LogP contribution in [0.25, 0.3) is 16.5 Å². The Morgan fingerprint density at radius 1 is 0.892 bits per heavy atom. The average molecular weight is 491 g/mol. The molecule has 5 rings (SSSR count). The van der Waals surface area contributed by atoms with Crippen LogP contribution in [-0.4, -0.2) is 31.0 Å². The first-order chi connectivity index (χ1) is 18.0. The summed E-state index contributed by atoms with van der Waals surface area (Å²) in [4.78, 5) is 28.3. The lowest BCUT2D eigenvalue weighted by Gasteiger charge is -2.26. The topological polar surface area (TPSA) is 99.9 Å². The fraction of sp³-hybridized carbons (Fsp3) is 0.100. The third-order valence-electron chi connectivity index (χ3n) is 6.49. The summed E-state index contributed by atoms with van der Waals surface area (Å²) in [6, 6.07) is 25.5. The van der Waals surface area contributed by atoms with E-state index in [1.54, 1.807) is 54.6 Å². The number of fused-ring (bicyclic) bond motifs is 1. The van der Waals surface area contributed by atoms with E-state index in [0.29, 0.717) is 33.9 Å². The number of nitrogens with zero attached hydrogens (tertiary/aromatic N) is 2. The largest absolute Gasteiger partial charge is 0.507 e. The van der Waals surface area contributed by atoms with Crippen molar-refractivity contribution in [3.05, 3.63) is 107 Å². The Morgan fingerprint density at radius 3 is 2.30 bits per heavy atom. The second-order valence-electron chi connectivity index (χ2n) is 8.47. The van der Waals surface area contributed by atoms with Crippen molar-refractivity contribution in [3.63, 3.8) is 0 Å². The van der Waals surface area contributed by atoms with Gasteiger partial charge < -0.3 is 14.6 Å². The highest BCUT2D eigenvalue weighted by Gasteiger charge is 2.47. The zero-order valence-electron chi connectivity index (χ0n) is 20.1. The first-order valence-corrected chi connectivity index (χ1v) is 11.5. The number of aliphatic hydroxyl groups is 1. The van der Waals surface area contributed by atoms with Crippen molar-refractivity contribution in [2.45, 2.75) is 6.04 Å². The summed E-state index contributed by atoms with van der Waals surface area (Å²) < 4.78 is 10.8. The van der Waals surface area contributed by atoms with Crippen LogP contribution in [0, 0.1) is 11.3 Å². The minimum atomic E-state index is -0.952. The van der Waals surface area contributed by atoms with Crippen LogP contribution in [0.2, 0.25) is 0 Å². The zero-order chi connectivity index (χ0) is 26.1. The van der Waals surface area contributed by atoms with Gasteiger partial charge in [0.1, 0.15) is 5.76 Å². The number of benzene rings is 4. The highest BCUT2D eigenvalue weighted by atomic mass is 16.5. The first-order valence-electron chi connectivity index (χ1n) is 11.5. The quantitative estimate of drug-likeness (QED) is 0.230. The molecule has 0 spiro atoms. The Balaban J connectivity index is 1.78. The van der Waals surface area contributed by atoms with E-state index in [-0.39, 0.29) is 11.3 Å². The van der Waals surface area contributed by atoms with Gasteiger partial charge in [-0.2, -0.15) is 5.26 Å². The van der Waals surface area contributed by atoms with Crippen LogP contribution in [0.3, 0.4) is 0 Å². The summed E-state index contributed by atoms with van der Waals surface area (Å²) in [6.45, 7) is 0. The van der Waals surface area contributed by atoms with Gasteiger partial charge in [-0.1, -0.05) is 48.5 Å². The Hall–Kier alpha value is -5.09. The molecule has 1 N–H and O–H groups in total. The van der Waals surface area contributed by atoms with Crippen LogP contribution in [-0.2, 0) is 9.59 Å². The van der Waals surface area contributed by atoms with Crippen molar-refractivity contribution >= 4 is 33.9 Å². The van der Waals surface area contributed by atoms with E-state index in [4.69, 9.17) is 9.47 Å². The molecule has 0 radical (unpaired) electrons. The van der Waals surface area contributed by atoms with Crippen LogP contribution < -0.4 is 14.4 Å². The lowest BCUT2D eigenvalue weighted by Crippen LogP contribution is -2.29. The molecule has 1 unspecified atom stereocenters. The van der Waals surface area contributed by atoms with Crippen molar-refractivity contribution in [1.29, 1.82) is 5.26 Å². The molecule has 1 saturated heterocycles. The molecular weight excluding hydrogens is 468 g/mol. The Kier molecular flexibility index (Phi) is 6.08. The number of hydrogen-bond donors (Lipinski definition) is 1. The van der Waals surface area contributed by atoms with Crippen LogP contribution in [0.5, 0.6) is 11.5 Å². The van der Waals surface area contributed by atoms with Gasteiger partial charge in [0, 0.05) is 11.3 Å². The number of carbonyl (C=O) groups excluding carboxylic acids is 2. The molecule has 0 saturated carbocycles. The minimum absolute atomic E-state index is 0.0436. The van der Waals surface area contributed by atoms with E-state index in [2.05, 4.69) is 6.07 Å². The average Bonchev–Trinajstić information content (AvgIpc) is 3.21. The zero-order valence-corrected chi connectivity index (χ0v) is 20.1. The number of rotatable bonds is 5. The summed E-state index contributed by atoms with van der Waals surface area (Å²) >= 11 is 0. The molecular formula is C30H22N2O5. The predicted octanol–water partition coefficient (Wildman–Crippen LogP) is 5.35. The van der Waals surface area contributed by atoms with Crippen LogP contribution in [0.1, 0.15) is 22.7 Å². The van der Waals surface area contributed by atoms with Gasteiger partial charge in [0.05, 0.1) is 37.5 Å². The van der Waals surface area contributed by atoms with Crippen LogP contribution in [0.4, 0.5) is 5.69 Å². The number of hydrogen-bond acceptors (Lipinski definition) is 6. The summed E-state index contributed by atoms with van der Waals surface area (Å²) in [5.41, 5.74) is 1.78. The molecule has 1 aliphatic heterocycles. The maximum atomic E-state index is 13.5. The number of amides is 1. The third-order valence-corrected chi connectivity index (χ3v) is 6.49. The molecule has 7 heteroatoms. The number of Topliss-reactive ketones (excluding diaryl/α,β-unsaturated/α-hetero) is 1. The van der Waals surface area contributed by atoms with Gasteiger partial charge in [-0.15, -0.1) is 0 Å².